The first-order valence-electron chi connectivity index (χ1n) is 13.7. The van der Waals surface area contributed by atoms with E-state index in [4.69, 9.17) is 16.3 Å². The molecule has 0 aromatic heterocycles. The number of halogens is 1. The lowest BCUT2D eigenvalue weighted by Crippen LogP contribution is -2.54. The molecular weight excluding hydrogens is 532 g/mol. The molecule has 4 aliphatic heterocycles. The third-order valence-corrected chi connectivity index (χ3v) is 8.43. The quantitative estimate of drug-likeness (QED) is 0.541. The molecule has 10 heteroatoms. The third-order valence-electron chi connectivity index (χ3n) is 8.18. The number of piperazine rings is 1. The maximum Gasteiger partial charge on any atom is 0.262 e. The standard InChI is InChI=1S/C30H31ClN4O5/c31-22-4-2-20(3-5-22)23-9-14-40-18-21(23)17-34-12-10-33(11-13-34)16-19-1-6-24-25(15-19)30(39)35(29(24)38)26-7-8-27(36)32-28(26)37/h1-6,15,26H,7-14,16-18H2,(H,32,36,37). The lowest BCUT2D eigenvalue weighted by atomic mass is 9.95. The summed E-state index contributed by atoms with van der Waals surface area (Å²) in [5, 5.41) is 2.97. The van der Waals surface area contributed by atoms with Gasteiger partial charge in [-0.25, -0.2) is 0 Å². The maximum atomic E-state index is 13.2. The highest BCUT2D eigenvalue weighted by Crippen LogP contribution is 2.30. The van der Waals surface area contributed by atoms with Crippen molar-refractivity contribution in [3.05, 3.63) is 75.3 Å². The number of fused-ring (bicyclic) bond motifs is 1. The van der Waals surface area contributed by atoms with Crippen LogP contribution in [0.5, 0.6) is 0 Å². The van der Waals surface area contributed by atoms with Crippen molar-refractivity contribution in [3.63, 3.8) is 0 Å². The Morgan fingerprint density at radius 3 is 2.27 bits per heavy atom. The molecule has 4 heterocycles. The number of imide groups is 2. The van der Waals surface area contributed by atoms with Crippen LogP contribution in [0.1, 0.15) is 51.1 Å². The fourth-order valence-corrected chi connectivity index (χ4v) is 6.15. The van der Waals surface area contributed by atoms with Crippen LogP contribution < -0.4 is 5.32 Å². The van der Waals surface area contributed by atoms with Crippen molar-refractivity contribution < 1.29 is 23.9 Å². The van der Waals surface area contributed by atoms with Gasteiger partial charge < -0.3 is 4.74 Å². The summed E-state index contributed by atoms with van der Waals surface area (Å²) in [6, 6.07) is 12.4. The van der Waals surface area contributed by atoms with Gasteiger partial charge in [-0.1, -0.05) is 29.8 Å². The first kappa shape index (κ1) is 26.8. The van der Waals surface area contributed by atoms with E-state index in [1.165, 1.54) is 16.7 Å². The molecule has 0 spiro atoms. The minimum atomic E-state index is -0.952. The Morgan fingerprint density at radius 2 is 1.55 bits per heavy atom. The number of nitrogens with zero attached hydrogens (tertiary/aromatic N) is 3. The van der Waals surface area contributed by atoms with E-state index < -0.39 is 23.8 Å². The molecule has 4 amide bonds. The Kier molecular flexibility index (Phi) is 7.55. The average molecular weight is 563 g/mol. The number of nitrogens with one attached hydrogen (secondary N) is 1. The van der Waals surface area contributed by atoms with Gasteiger partial charge in [0, 0.05) is 50.7 Å². The van der Waals surface area contributed by atoms with Gasteiger partial charge in [0.2, 0.25) is 11.8 Å². The Bertz CT molecular complexity index is 1400. The summed E-state index contributed by atoms with van der Waals surface area (Å²) in [4.78, 5) is 55.8. The number of amides is 4. The van der Waals surface area contributed by atoms with Crippen LogP contribution in [-0.2, 0) is 20.9 Å². The highest BCUT2D eigenvalue weighted by molar-refractivity contribution is 6.30. The topological polar surface area (TPSA) is 99.3 Å². The van der Waals surface area contributed by atoms with Gasteiger partial charge in [0.1, 0.15) is 6.04 Å². The van der Waals surface area contributed by atoms with Gasteiger partial charge in [-0.3, -0.25) is 39.2 Å². The van der Waals surface area contributed by atoms with Crippen LogP contribution in [0.4, 0.5) is 0 Å². The third kappa shape index (κ3) is 5.34. The van der Waals surface area contributed by atoms with Gasteiger partial charge in [-0.2, -0.15) is 0 Å². The minimum absolute atomic E-state index is 0.105. The normalized spacial score (nSPS) is 22.6. The zero-order valence-electron chi connectivity index (χ0n) is 22.2. The molecule has 4 aliphatic rings. The SMILES string of the molecule is O=C1CCC(N2C(=O)c3ccc(CN4CCN(CC5=C(c6ccc(Cl)cc6)CCOC5)CC4)cc3C2=O)C(=O)N1. The number of ether oxygens (including phenoxy) is 1. The molecule has 1 atom stereocenters. The predicted octanol–water partition coefficient (Wildman–Crippen LogP) is 2.73. The molecule has 0 radical (unpaired) electrons. The van der Waals surface area contributed by atoms with E-state index in [1.807, 2.05) is 18.2 Å². The zero-order valence-corrected chi connectivity index (χ0v) is 22.9. The lowest BCUT2D eigenvalue weighted by Gasteiger charge is -2.36. The molecule has 2 fully saturated rings. The highest BCUT2D eigenvalue weighted by atomic mass is 35.5. The number of piperidine rings is 1. The van der Waals surface area contributed by atoms with Gasteiger partial charge in [0.25, 0.3) is 11.8 Å². The van der Waals surface area contributed by atoms with Crippen molar-refractivity contribution in [1.82, 2.24) is 20.0 Å². The first-order chi connectivity index (χ1) is 19.4. The fourth-order valence-electron chi connectivity index (χ4n) is 6.02. The van der Waals surface area contributed by atoms with E-state index in [2.05, 4.69) is 27.2 Å². The number of carbonyl (C=O) groups excluding carboxylic acids is 4. The second-order valence-electron chi connectivity index (χ2n) is 10.8. The molecule has 2 saturated heterocycles. The molecule has 9 nitrogen and oxygen atoms in total. The summed E-state index contributed by atoms with van der Waals surface area (Å²) in [6.07, 6.45) is 1.16. The summed E-state index contributed by atoms with van der Waals surface area (Å²) < 4.78 is 5.80. The number of hydrogen-bond acceptors (Lipinski definition) is 7. The van der Waals surface area contributed by atoms with E-state index in [-0.39, 0.29) is 18.7 Å². The molecule has 0 bridgehead atoms. The Hall–Kier alpha value is -3.37. The van der Waals surface area contributed by atoms with Crippen LogP contribution in [-0.4, -0.2) is 90.3 Å². The van der Waals surface area contributed by atoms with Crippen molar-refractivity contribution >= 4 is 40.8 Å². The van der Waals surface area contributed by atoms with Gasteiger partial charge >= 0.3 is 0 Å². The maximum absolute atomic E-state index is 13.2. The van der Waals surface area contributed by atoms with Crippen molar-refractivity contribution in [2.45, 2.75) is 31.8 Å². The number of carbonyl (C=O) groups is 4. The molecule has 0 saturated carbocycles. The molecule has 1 unspecified atom stereocenters. The van der Waals surface area contributed by atoms with Crippen molar-refractivity contribution in [1.29, 1.82) is 0 Å². The molecule has 2 aromatic rings. The summed E-state index contributed by atoms with van der Waals surface area (Å²) in [6.45, 7) is 6.53. The van der Waals surface area contributed by atoms with Crippen LogP contribution in [0.25, 0.3) is 5.57 Å². The van der Waals surface area contributed by atoms with E-state index in [9.17, 15) is 19.2 Å². The van der Waals surface area contributed by atoms with E-state index in [1.54, 1.807) is 12.1 Å². The van der Waals surface area contributed by atoms with Crippen LogP contribution in [0.2, 0.25) is 5.02 Å². The van der Waals surface area contributed by atoms with Gasteiger partial charge in [-0.05, 0) is 59.4 Å². The van der Waals surface area contributed by atoms with Gasteiger partial charge in [-0.15, -0.1) is 0 Å². The second-order valence-corrected chi connectivity index (χ2v) is 11.2. The molecule has 0 aliphatic carbocycles. The van der Waals surface area contributed by atoms with Crippen LogP contribution in [0.3, 0.4) is 0 Å². The smallest absolute Gasteiger partial charge is 0.262 e. The number of hydrogen-bond donors (Lipinski definition) is 1. The van der Waals surface area contributed by atoms with E-state index >= 15 is 0 Å². The van der Waals surface area contributed by atoms with Gasteiger partial charge in [0.15, 0.2) is 0 Å². The average Bonchev–Trinajstić information content (AvgIpc) is 3.19. The van der Waals surface area contributed by atoms with E-state index in [0.717, 1.165) is 61.2 Å². The minimum Gasteiger partial charge on any atom is -0.377 e. The molecule has 208 valence electrons. The van der Waals surface area contributed by atoms with Crippen LogP contribution >= 0.6 is 11.6 Å². The van der Waals surface area contributed by atoms with Crippen LogP contribution in [0.15, 0.2) is 48.0 Å². The van der Waals surface area contributed by atoms with E-state index in [0.29, 0.717) is 24.3 Å². The second kappa shape index (κ2) is 11.2. The number of rotatable bonds is 6. The monoisotopic (exact) mass is 562 g/mol. The predicted molar refractivity (Wildman–Crippen MR) is 149 cm³/mol. The van der Waals surface area contributed by atoms with Gasteiger partial charge in [0.05, 0.1) is 24.3 Å². The summed E-state index contributed by atoms with van der Waals surface area (Å²) >= 11 is 6.09. The molecule has 2 aromatic carbocycles. The Labute approximate surface area is 237 Å². The fraction of sp³-hybridized carbons (Fsp3) is 0.400. The van der Waals surface area contributed by atoms with Crippen molar-refractivity contribution in [2.75, 3.05) is 45.9 Å². The molecular formula is C30H31ClN4O5. The molecule has 1 N–H and O–H groups in total. The summed E-state index contributed by atoms with van der Waals surface area (Å²) in [7, 11) is 0. The van der Waals surface area contributed by atoms with Crippen molar-refractivity contribution in [2.24, 2.45) is 0 Å². The Balaban J connectivity index is 1.08. The largest absolute Gasteiger partial charge is 0.377 e. The summed E-state index contributed by atoms with van der Waals surface area (Å²) in [5.41, 5.74) is 5.47. The highest BCUT2D eigenvalue weighted by Gasteiger charge is 2.44. The molecule has 40 heavy (non-hydrogen) atoms. The summed E-state index contributed by atoms with van der Waals surface area (Å²) in [5.74, 6) is -1.93. The Morgan fingerprint density at radius 1 is 0.850 bits per heavy atom. The lowest BCUT2D eigenvalue weighted by molar-refractivity contribution is -0.136. The molecule has 6 rings (SSSR count). The van der Waals surface area contributed by atoms with Crippen molar-refractivity contribution in [3.8, 4) is 0 Å². The first-order valence-corrected chi connectivity index (χ1v) is 14.1. The number of benzene rings is 2. The zero-order chi connectivity index (χ0) is 27.8. The van der Waals surface area contributed by atoms with Crippen LogP contribution in [0, 0.1) is 0 Å².